The SMILES string of the molecule is Cc1cc(-c2ccc(N=C=O)cn2)ccc1Cl. The van der Waals surface area contributed by atoms with E-state index < -0.39 is 0 Å². The Morgan fingerprint density at radius 1 is 1.29 bits per heavy atom. The highest BCUT2D eigenvalue weighted by atomic mass is 35.5. The first kappa shape index (κ1) is 11.5. The van der Waals surface area contributed by atoms with Crippen molar-refractivity contribution in [1.29, 1.82) is 0 Å². The summed E-state index contributed by atoms with van der Waals surface area (Å²) in [6.07, 6.45) is 3.01. The highest BCUT2D eigenvalue weighted by Gasteiger charge is 2.02. The molecular formula is C13H9ClN2O. The molecule has 0 radical (unpaired) electrons. The fourth-order valence-electron chi connectivity index (χ4n) is 1.48. The van der Waals surface area contributed by atoms with Crippen LogP contribution in [0.2, 0.25) is 5.02 Å². The molecule has 0 spiro atoms. The largest absolute Gasteiger partial charge is 0.254 e. The molecule has 1 aromatic carbocycles. The maximum Gasteiger partial charge on any atom is 0.240 e. The number of nitrogens with zero attached hydrogens (tertiary/aromatic N) is 2. The molecule has 0 fully saturated rings. The van der Waals surface area contributed by atoms with Crippen LogP contribution in [0.5, 0.6) is 0 Å². The van der Waals surface area contributed by atoms with E-state index in [-0.39, 0.29) is 0 Å². The first-order chi connectivity index (χ1) is 8.20. The van der Waals surface area contributed by atoms with E-state index in [0.717, 1.165) is 21.8 Å². The third-order valence-electron chi connectivity index (χ3n) is 2.38. The molecule has 0 aliphatic carbocycles. The lowest BCUT2D eigenvalue weighted by Crippen LogP contribution is -1.84. The molecule has 2 aromatic rings. The van der Waals surface area contributed by atoms with Gasteiger partial charge >= 0.3 is 0 Å². The zero-order chi connectivity index (χ0) is 12.3. The van der Waals surface area contributed by atoms with Crippen molar-refractivity contribution in [1.82, 2.24) is 4.98 Å². The van der Waals surface area contributed by atoms with Crippen LogP contribution in [0.15, 0.2) is 41.5 Å². The van der Waals surface area contributed by atoms with Crippen molar-refractivity contribution in [3.05, 3.63) is 47.1 Å². The minimum absolute atomic E-state index is 0.495. The molecule has 3 nitrogen and oxygen atoms in total. The second-order valence-electron chi connectivity index (χ2n) is 3.57. The lowest BCUT2D eigenvalue weighted by molar-refractivity contribution is 0.565. The molecule has 2 rings (SSSR count). The van der Waals surface area contributed by atoms with Gasteiger partial charge in [-0.05, 0) is 36.8 Å². The van der Waals surface area contributed by atoms with Crippen molar-refractivity contribution >= 4 is 23.4 Å². The van der Waals surface area contributed by atoms with Crippen molar-refractivity contribution in [3.8, 4) is 11.3 Å². The number of hydrogen-bond donors (Lipinski definition) is 0. The number of aryl methyl sites for hydroxylation is 1. The van der Waals surface area contributed by atoms with Crippen molar-refractivity contribution < 1.29 is 4.79 Å². The lowest BCUT2D eigenvalue weighted by Gasteiger charge is -2.03. The molecule has 0 atom stereocenters. The highest BCUT2D eigenvalue weighted by Crippen LogP contribution is 2.24. The molecule has 0 amide bonds. The van der Waals surface area contributed by atoms with Gasteiger partial charge in [-0.15, -0.1) is 0 Å². The summed E-state index contributed by atoms with van der Waals surface area (Å²) in [6, 6.07) is 9.23. The molecule has 0 aliphatic rings. The standard InChI is InChI=1S/C13H9ClN2O/c1-9-6-10(2-4-12(9)14)13-5-3-11(7-15-13)16-8-17/h2-7H,1H3. The summed E-state index contributed by atoms with van der Waals surface area (Å²) in [7, 11) is 0. The maximum atomic E-state index is 10.1. The van der Waals surface area contributed by atoms with Crippen LogP contribution in [0.4, 0.5) is 5.69 Å². The normalized spacial score (nSPS) is 9.76. The summed E-state index contributed by atoms with van der Waals surface area (Å²) in [6.45, 7) is 1.94. The average Bonchev–Trinajstić information content (AvgIpc) is 2.34. The van der Waals surface area contributed by atoms with E-state index in [1.165, 1.54) is 12.3 Å². The van der Waals surface area contributed by atoms with E-state index in [9.17, 15) is 4.79 Å². The van der Waals surface area contributed by atoms with Gasteiger partial charge < -0.3 is 0 Å². The smallest absolute Gasteiger partial charge is 0.240 e. The number of benzene rings is 1. The number of hydrogen-bond acceptors (Lipinski definition) is 3. The van der Waals surface area contributed by atoms with Crippen LogP contribution in [0, 0.1) is 6.92 Å². The van der Waals surface area contributed by atoms with Gasteiger partial charge in [0.15, 0.2) is 0 Å². The third kappa shape index (κ3) is 2.59. The Morgan fingerprint density at radius 3 is 2.71 bits per heavy atom. The van der Waals surface area contributed by atoms with E-state index >= 15 is 0 Å². The molecule has 1 aromatic heterocycles. The van der Waals surface area contributed by atoms with Crippen LogP contribution < -0.4 is 0 Å². The van der Waals surface area contributed by atoms with E-state index in [1.807, 2.05) is 25.1 Å². The number of halogens is 1. The number of rotatable bonds is 2. The quantitative estimate of drug-likeness (QED) is 0.597. The molecule has 84 valence electrons. The molecule has 0 unspecified atom stereocenters. The van der Waals surface area contributed by atoms with E-state index in [0.29, 0.717) is 5.69 Å². The summed E-state index contributed by atoms with van der Waals surface area (Å²) in [5.41, 5.74) is 3.29. The molecule has 0 aliphatic heterocycles. The van der Waals surface area contributed by atoms with Crippen molar-refractivity contribution in [2.75, 3.05) is 0 Å². The van der Waals surface area contributed by atoms with Crippen molar-refractivity contribution in [3.63, 3.8) is 0 Å². The topological polar surface area (TPSA) is 42.3 Å². The van der Waals surface area contributed by atoms with Crippen LogP contribution in [0.3, 0.4) is 0 Å². The summed E-state index contributed by atoms with van der Waals surface area (Å²) >= 11 is 5.96. The Hall–Kier alpha value is -1.96. The van der Waals surface area contributed by atoms with E-state index in [1.54, 1.807) is 12.1 Å². The molecular weight excluding hydrogens is 236 g/mol. The second-order valence-corrected chi connectivity index (χ2v) is 3.98. The molecule has 0 N–H and O–H groups in total. The van der Waals surface area contributed by atoms with Gasteiger partial charge in [-0.3, -0.25) is 4.98 Å². The predicted molar refractivity (Wildman–Crippen MR) is 67.2 cm³/mol. The van der Waals surface area contributed by atoms with Gasteiger partial charge in [-0.25, -0.2) is 4.79 Å². The van der Waals surface area contributed by atoms with Crippen LogP contribution >= 0.6 is 11.6 Å². The molecule has 0 bridgehead atoms. The van der Waals surface area contributed by atoms with Crippen molar-refractivity contribution in [2.45, 2.75) is 6.92 Å². The Balaban J connectivity index is 2.39. The predicted octanol–water partition coefficient (Wildman–Crippen LogP) is 3.68. The monoisotopic (exact) mass is 244 g/mol. The zero-order valence-electron chi connectivity index (χ0n) is 9.14. The van der Waals surface area contributed by atoms with Crippen LogP contribution in [-0.2, 0) is 4.79 Å². The van der Waals surface area contributed by atoms with Gasteiger partial charge in [-0.1, -0.05) is 17.7 Å². The van der Waals surface area contributed by atoms with Crippen LogP contribution in [-0.4, -0.2) is 11.1 Å². The average molecular weight is 245 g/mol. The summed E-state index contributed by atoms with van der Waals surface area (Å²) < 4.78 is 0. The minimum atomic E-state index is 0.495. The summed E-state index contributed by atoms with van der Waals surface area (Å²) in [4.78, 5) is 17.8. The van der Waals surface area contributed by atoms with Gasteiger partial charge in [0, 0.05) is 10.6 Å². The lowest BCUT2D eigenvalue weighted by atomic mass is 10.1. The first-order valence-corrected chi connectivity index (χ1v) is 5.39. The minimum Gasteiger partial charge on any atom is -0.254 e. The van der Waals surface area contributed by atoms with Crippen molar-refractivity contribution in [2.24, 2.45) is 4.99 Å². The number of pyridine rings is 1. The van der Waals surface area contributed by atoms with Gasteiger partial charge in [0.1, 0.15) is 0 Å². The second kappa shape index (κ2) is 4.91. The summed E-state index contributed by atoms with van der Waals surface area (Å²) in [5, 5.41) is 0.732. The molecule has 0 saturated carbocycles. The number of isocyanates is 1. The maximum absolute atomic E-state index is 10.1. The Bertz CT molecular complexity index is 587. The van der Waals surface area contributed by atoms with Gasteiger partial charge in [0.2, 0.25) is 6.08 Å². The fraction of sp³-hybridized carbons (Fsp3) is 0.0769. The highest BCUT2D eigenvalue weighted by molar-refractivity contribution is 6.31. The van der Waals surface area contributed by atoms with Crippen LogP contribution in [0.1, 0.15) is 5.56 Å². The molecule has 0 saturated heterocycles. The number of carbonyl (C=O) groups excluding carboxylic acids is 1. The molecule has 17 heavy (non-hydrogen) atoms. The third-order valence-corrected chi connectivity index (χ3v) is 2.80. The molecule has 1 heterocycles. The van der Waals surface area contributed by atoms with Gasteiger partial charge in [0.25, 0.3) is 0 Å². The first-order valence-electron chi connectivity index (χ1n) is 5.01. The Kier molecular flexibility index (Phi) is 3.33. The fourth-order valence-corrected chi connectivity index (χ4v) is 1.60. The van der Waals surface area contributed by atoms with Gasteiger partial charge in [0.05, 0.1) is 17.6 Å². The Morgan fingerprint density at radius 2 is 2.12 bits per heavy atom. The Labute approximate surface area is 104 Å². The molecule has 4 heteroatoms. The van der Waals surface area contributed by atoms with Crippen LogP contribution in [0.25, 0.3) is 11.3 Å². The number of aliphatic imine (C=N–C) groups is 1. The van der Waals surface area contributed by atoms with Gasteiger partial charge in [-0.2, -0.15) is 4.99 Å². The summed E-state index contributed by atoms with van der Waals surface area (Å²) in [5.74, 6) is 0. The number of aromatic nitrogens is 1. The van der Waals surface area contributed by atoms with E-state index in [4.69, 9.17) is 11.6 Å². The zero-order valence-corrected chi connectivity index (χ0v) is 9.90. The van der Waals surface area contributed by atoms with E-state index in [2.05, 4.69) is 9.98 Å².